The molecule has 2 N–H and O–H groups in total. The van der Waals surface area contributed by atoms with Gasteiger partial charge in [-0.3, -0.25) is 4.79 Å². The Morgan fingerprint density at radius 3 is 2.56 bits per heavy atom. The van der Waals surface area contributed by atoms with Crippen LogP contribution in [0.1, 0.15) is 36.9 Å². The number of thiophene rings is 1. The van der Waals surface area contributed by atoms with E-state index in [1.165, 1.54) is 4.88 Å². The molecule has 0 aliphatic carbocycles. The molecule has 1 heterocycles. The van der Waals surface area contributed by atoms with Gasteiger partial charge in [-0.2, -0.15) is 0 Å². The summed E-state index contributed by atoms with van der Waals surface area (Å²) < 4.78 is 0. The number of hydrogen-bond acceptors (Lipinski definition) is 3. The zero-order chi connectivity index (χ0) is 13.8. The molecule has 1 aromatic rings. The maximum absolute atomic E-state index is 11.9. The van der Waals surface area contributed by atoms with Gasteiger partial charge in [-0.1, -0.05) is 20.8 Å². The molecule has 0 fully saturated rings. The molecule has 0 aliphatic rings. The van der Waals surface area contributed by atoms with Crippen LogP contribution in [0.15, 0.2) is 12.1 Å². The minimum Gasteiger partial charge on any atom is -0.394 e. The van der Waals surface area contributed by atoms with Crippen LogP contribution in [0, 0.1) is 12.3 Å². The third-order valence-electron chi connectivity index (χ3n) is 2.58. The lowest BCUT2D eigenvalue weighted by Gasteiger charge is -2.25. The van der Waals surface area contributed by atoms with Crippen LogP contribution in [0.25, 0.3) is 0 Å². The Hall–Kier alpha value is -0.870. The lowest BCUT2D eigenvalue weighted by molar-refractivity contribution is -0.121. The molecule has 1 amide bonds. The summed E-state index contributed by atoms with van der Waals surface area (Å²) in [6, 6.07) is 3.85. The molecule has 102 valence electrons. The van der Waals surface area contributed by atoms with Crippen molar-refractivity contribution in [2.45, 2.75) is 46.6 Å². The van der Waals surface area contributed by atoms with Crippen molar-refractivity contribution >= 4 is 17.2 Å². The highest BCUT2D eigenvalue weighted by Crippen LogP contribution is 2.21. The minimum absolute atomic E-state index is 0.00746. The van der Waals surface area contributed by atoms with E-state index in [4.69, 9.17) is 0 Å². The highest BCUT2D eigenvalue weighted by atomic mass is 32.1. The summed E-state index contributed by atoms with van der Waals surface area (Å²) in [6.07, 6.45) is 1.18. The van der Waals surface area contributed by atoms with Crippen molar-refractivity contribution in [2.75, 3.05) is 6.61 Å². The molecule has 18 heavy (non-hydrogen) atoms. The molecule has 0 spiro atoms. The topological polar surface area (TPSA) is 49.3 Å². The summed E-state index contributed by atoms with van der Waals surface area (Å²) in [6.45, 7) is 8.33. The van der Waals surface area contributed by atoms with Crippen molar-refractivity contribution in [3.63, 3.8) is 0 Å². The van der Waals surface area contributed by atoms with Crippen LogP contribution in [0.3, 0.4) is 0 Å². The van der Waals surface area contributed by atoms with E-state index in [-0.39, 0.29) is 24.0 Å². The molecule has 0 saturated carbocycles. The van der Waals surface area contributed by atoms with Gasteiger partial charge in [0.05, 0.1) is 19.1 Å². The Balaban J connectivity index is 2.47. The first-order chi connectivity index (χ1) is 8.30. The maximum Gasteiger partial charge on any atom is 0.225 e. The van der Waals surface area contributed by atoms with Crippen molar-refractivity contribution in [3.8, 4) is 0 Å². The van der Waals surface area contributed by atoms with Crippen LogP contribution in [-0.2, 0) is 11.2 Å². The largest absolute Gasteiger partial charge is 0.394 e. The van der Waals surface area contributed by atoms with Gasteiger partial charge >= 0.3 is 0 Å². The Morgan fingerprint density at radius 2 is 2.11 bits per heavy atom. The molecule has 0 bridgehead atoms. The van der Waals surface area contributed by atoms with Gasteiger partial charge in [0.2, 0.25) is 5.91 Å². The lowest BCUT2D eigenvalue weighted by atomic mass is 9.88. The SMILES string of the molecule is Cc1ccc(CC(=O)NC(CO)CC(C)(C)C)s1. The third-order valence-corrected chi connectivity index (χ3v) is 3.58. The summed E-state index contributed by atoms with van der Waals surface area (Å²) in [5.41, 5.74) is 0.0974. The summed E-state index contributed by atoms with van der Waals surface area (Å²) >= 11 is 1.64. The second kappa shape index (κ2) is 6.34. The Kier molecular flexibility index (Phi) is 5.35. The second-order valence-corrected chi connectivity index (χ2v) is 7.27. The molecule has 1 aromatic heterocycles. The summed E-state index contributed by atoms with van der Waals surface area (Å²) in [4.78, 5) is 14.1. The zero-order valence-electron chi connectivity index (χ0n) is 11.6. The maximum atomic E-state index is 11.9. The van der Waals surface area contributed by atoms with E-state index in [0.717, 1.165) is 11.3 Å². The average molecular weight is 269 g/mol. The molecular formula is C14H23NO2S. The Morgan fingerprint density at radius 1 is 1.44 bits per heavy atom. The number of aliphatic hydroxyl groups is 1. The number of aliphatic hydroxyl groups excluding tert-OH is 1. The summed E-state index contributed by atoms with van der Waals surface area (Å²) in [5.74, 6) is -0.0137. The number of aryl methyl sites for hydroxylation is 1. The molecular weight excluding hydrogens is 246 g/mol. The first kappa shape index (κ1) is 15.2. The molecule has 4 heteroatoms. The van der Waals surface area contributed by atoms with Gasteiger partial charge in [-0.15, -0.1) is 11.3 Å². The van der Waals surface area contributed by atoms with E-state index in [1.807, 2.05) is 19.1 Å². The summed E-state index contributed by atoms with van der Waals surface area (Å²) in [5, 5.41) is 12.2. The highest BCUT2D eigenvalue weighted by molar-refractivity contribution is 7.12. The first-order valence-electron chi connectivity index (χ1n) is 6.26. The van der Waals surface area contributed by atoms with Crippen molar-refractivity contribution in [2.24, 2.45) is 5.41 Å². The lowest BCUT2D eigenvalue weighted by Crippen LogP contribution is -2.40. The summed E-state index contributed by atoms with van der Waals surface area (Å²) in [7, 11) is 0. The normalized spacial score (nSPS) is 13.4. The molecule has 1 rings (SSSR count). The number of hydrogen-bond donors (Lipinski definition) is 2. The van der Waals surface area contributed by atoms with Gasteiger partial charge in [-0.05, 0) is 30.9 Å². The van der Waals surface area contributed by atoms with Crippen molar-refractivity contribution in [3.05, 3.63) is 21.9 Å². The highest BCUT2D eigenvalue weighted by Gasteiger charge is 2.19. The molecule has 1 unspecified atom stereocenters. The van der Waals surface area contributed by atoms with Gasteiger partial charge in [0, 0.05) is 9.75 Å². The average Bonchev–Trinajstić information content (AvgIpc) is 2.60. The fourth-order valence-electron chi connectivity index (χ4n) is 1.92. The number of rotatable bonds is 5. The fourth-order valence-corrected chi connectivity index (χ4v) is 2.81. The fraction of sp³-hybridized carbons (Fsp3) is 0.643. The minimum atomic E-state index is -0.154. The number of carbonyl (C=O) groups excluding carboxylic acids is 1. The van der Waals surface area contributed by atoms with E-state index in [0.29, 0.717) is 6.42 Å². The quantitative estimate of drug-likeness (QED) is 0.863. The molecule has 0 radical (unpaired) electrons. The van der Waals surface area contributed by atoms with Crippen LogP contribution in [0.4, 0.5) is 0 Å². The molecule has 1 atom stereocenters. The standard InChI is InChI=1S/C14H23NO2S/c1-10-5-6-12(18-10)7-13(17)15-11(9-16)8-14(2,3)4/h5-6,11,16H,7-9H2,1-4H3,(H,15,17). The van der Waals surface area contributed by atoms with Gasteiger partial charge in [0.1, 0.15) is 0 Å². The molecule has 0 saturated heterocycles. The zero-order valence-corrected chi connectivity index (χ0v) is 12.4. The second-order valence-electron chi connectivity index (χ2n) is 5.90. The van der Waals surface area contributed by atoms with E-state index >= 15 is 0 Å². The van der Waals surface area contributed by atoms with Crippen molar-refractivity contribution in [1.82, 2.24) is 5.32 Å². The van der Waals surface area contributed by atoms with Crippen LogP contribution in [-0.4, -0.2) is 23.7 Å². The number of nitrogens with one attached hydrogen (secondary N) is 1. The van der Waals surface area contributed by atoms with Crippen LogP contribution < -0.4 is 5.32 Å². The van der Waals surface area contributed by atoms with E-state index in [1.54, 1.807) is 11.3 Å². The predicted octanol–water partition coefficient (Wildman–Crippen LogP) is 2.51. The van der Waals surface area contributed by atoms with Crippen LogP contribution in [0.2, 0.25) is 0 Å². The number of carbonyl (C=O) groups is 1. The van der Waals surface area contributed by atoms with E-state index in [2.05, 4.69) is 26.1 Å². The Labute approximate surface area is 113 Å². The smallest absolute Gasteiger partial charge is 0.225 e. The van der Waals surface area contributed by atoms with Gasteiger partial charge < -0.3 is 10.4 Å². The van der Waals surface area contributed by atoms with Gasteiger partial charge in [0.25, 0.3) is 0 Å². The van der Waals surface area contributed by atoms with Crippen molar-refractivity contribution < 1.29 is 9.90 Å². The monoisotopic (exact) mass is 269 g/mol. The van der Waals surface area contributed by atoms with E-state index in [9.17, 15) is 9.90 Å². The van der Waals surface area contributed by atoms with Gasteiger partial charge in [-0.25, -0.2) is 0 Å². The predicted molar refractivity (Wildman–Crippen MR) is 75.8 cm³/mol. The molecule has 0 aliphatic heterocycles. The van der Waals surface area contributed by atoms with Crippen molar-refractivity contribution in [1.29, 1.82) is 0 Å². The first-order valence-corrected chi connectivity index (χ1v) is 7.07. The van der Waals surface area contributed by atoms with E-state index < -0.39 is 0 Å². The molecule has 0 aromatic carbocycles. The van der Waals surface area contributed by atoms with Crippen LogP contribution >= 0.6 is 11.3 Å². The molecule has 3 nitrogen and oxygen atoms in total. The van der Waals surface area contributed by atoms with Gasteiger partial charge in [0.15, 0.2) is 0 Å². The third kappa shape index (κ3) is 5.65. The van der Waals surface area contributed by atoms with Crippen LogP contribution in [0.5, 0.6) is 0 Å². The number of amides is 1. The Bertz CT molecular complexity index is 393.